The second-order valence-electron chi connectivity index (χ2n) is 6.57. The maximum atomic E-state index is 13.7. The Hall–Kier alpha value is -3.76. The first-order valence-corrected chi connectivity index (χ1v) is 9.60. The van der Waals surface area contributed by atoms with Gasteiger partial charge in [0.15, 0.2) is 5.11 Å². The van der Waals surface area contributed by atoms with Crippen LogP contribution in [0.2, 0.25) is 0 Å². The van der Waals surface area contributed by atoms with E-state index in [0.717, 1.165) is 11.3 Å². The molecular formula is C23H19FN4OS. The average Bonchev–Trinajstić information content (AvgIpc) is 2.75. The van der Waals surface area contributed by atoms with Gasteiger partial charge in [-0.1, -0.05) is 24.3 Å². The van der Waals surface area contributed by atoms with Gasteiger partial charge in [-0.25, -0.2) is 4.39 Å². The molecule has 0 aliphatic carbocycles. The van der Waals surface area contributed by atoms with Crippen LogP contribution >= 0.6 is 12.2 Å². The number of nitriles is 1. The van der Waals surface area contributed by atoms with Crippen molar-refractivity contribution in [1.29, 1.82) is 5.26 Å². The summed E-state index contributed by atoms with van der Waals surface area (Å²) in [6, 6.07) is 22.1. The molecule has 30 heavy (non-hydrogen) atoms. The lowest BCUT2D eigenvalue weighted by molar-refractivity contribution is 0.102. The van der Waals surface area contributed by atoms with E-state index in [1.165, 1.54) is 18.2 Å². The summed E-state index contributed by atoms with van der Waals surface area (Å²) in [4.78, 5) is 12.2. The van der Waals surface area contributed by atoms with E-state index >= 15 is 0 Å². The maximum absolute atomic E-state index is 13.7. The lowest BCUT2D eigenvalue weighted by Crippen LogP contribution is -2.30. The van der Waals surface area contributed by atoms with Gasteiger partial charge in [0.1, 0.15) is 5.82 Å². The molecule has 1 atom stereocenters. The van der Waals surface area contributed by atoms with E-state index in [4.69, 9.17) is 17.5 Å². The SMILES string of the molecule is CC(NC(=S)Nc1ccc(NC(=O)c2ccccc2F)cc1)c1cccc(C#N)c1. The molecule has 0 saturated carbocycles. The molecular weight excluding hydrogens is 399 g/mol. The number of rotatable bonds is 5. The fraction of sp³-hybridized carbons (Fsp3) is 0.0870. The Balaban J connectivity index is 1.57. The first kappa shape index (κ1) is 21.0. The highest BCUT2D eigenvalue weighted by molar-refractivity contribution is 7.80. The first-order valence-electron chi connectivity index (χ1n) is 9.20. The topological polar surface area (TPSA) is 76.9 Å². The van der Waals surface area contributed by atoms with E-state index in [1.54, 1.807) is 36.4 Å². The molecule has 1 amide bonds. The van der Waals surface area contributed by atoms with Crippen molar-refractivity contribution >= 4 is 34.6 Å². The Morgan fingerprint density at radius 1 is 1.00 bits per heavy atom. The van der Waals surface area contributed by atoms with Gasteiger partial charge in [0, 0.05) is 11.4 Å². The molecule has 0 aromatic heterocycles. The Bertz CT molecular complexity index is 1110. The van der Waals surface area contributed by atoms with Gasteiger partial charge in [-0.2, -0.15) is 5.26 Å². The lowest BCUT2D eigenvalue weighted by Gasteiger charge is -2.18. The molecule has 0 heterocycles. The number of thiocarbonyl (C=S) groups is 1. The van der Waals surface area contributed by atoms with Crippen LogP contribution in [0.3, 0.4) is 0 Å². The number of amides is 1. The minimum Gasteiger partial charge on any atom is -0.356 e. The van der Waals surface area contributed by atoms with Crippen molar-refractivity contribution in [1.82, 2.24) is 5.32 Å². The molecule has 0 fully saturated rings. The number of halogens is 1. The van der Waals surface area contributed by atoms with E-state index in [-0.39, 0.29) is 11.6 Å². The smallest absolute Gasteiger partial charge is 0.258 e. The number of carbonyl (C=O) groups excluding carboxylic acids is 1. The summed E-state index contributed by atoms with van der Waals surface area (Å²) >= 11 is 5.36. The second kappa shape index (κ2) is 9.63. The average molecular weight is 418 g/mol. The van der Waals surface area contributed by atoms with Gasteiger partial charge in [-0.3, -0.25) is 4.79 Å². The summed E-state index contributed by atoms with van der Waals surface area (Å²) in [7, 11) is 0. The summed E-state index contributed by atoms with van der Waals surface area (Å²) in [5.41, 5.74) is 2.79. The van der Waals surface area contributed by atoms with E-state index in [0.29, 0.717) is 16.4 Å². The predicted molar refractivity (Wildman–Crippen MR) is 120 cm³/mol. The largest absolute Gasteiger partial charge is 0.356 e. The molecule has 5 nitrogen and oxygen atoms in total. The summed E-state index contributed by atoms with van der Waals surface area (Å²) in [6.07, 6.45) is 0. The molecule has 0 spiro atoms. The van der Waals surface area contributed by atoms with Crippen LogP contribution in [0.15, 0.2) is 72.8 Å². The number of carbonyl (C=O) groups is 1. The van der Waals surface area contributed by atoms with Crippen molar-refractivity contribution in [3.63, 3.8) is 0 Å². The van der Waals surface area contributed by atoms with E-state index < -0.39 is 11.7 Å². The predicted octanol–water partition coefficient (Wildman–Crippen LogP) is 5.00. The Morgan fingerprint density at radius 2 is 1.67 bits per heavy atom. The minimum atomic E-state index is -0.570. The molecule has 7 heteroatoms. The normalized spacial score (nSPS) is 11.1. The maximum Gasteiger partial charge on any atom is 0.258 e. The fourth-order valence-corrected chi connectivity index (χ4v) is 3.10. The van der Waals surface area contributed by atoms with Crippen molar-refractivity contribution < 1.29 is 9.18 Å². The van der Waals surface area contributed by atoms with E-state index in [1.807, 2.05) is 25.1 Å². The number of nitrogens with zero attached hydrogens (tertiary/aromatic N) is 1. The zero-order valence-corrected chi connectivity index (χ0v) is 17.0. The van der Waals surface area contributed by atoms with Gasteiger partial charge < -0.3 is 16.0 Å². The monoisotopic (exact) mass is 418 g/mol. The van der Waals surface area contributed by atoms with Crippen molar-refractivity contribution in [2.75, 3.05) is 10.6 Å². The molecule has 3 rings (SSSR count). The number of hydrogen-bond donors (Lipinski definition) is 3. The number of nitrogens with one attached hydrogen (secondary N) is 3. The number of benzene rings is 3. The van der Waals surface area contributed by atoms with Crippen LogP contribution < -0.4 is 16.0 Å². The summed E-state index contributed by atoms with van der Waals surface area (Å²) in [6.45, 7) is 1.95. The van der Waals surface area contributed by atoms with Crippen LogP contribution in [0.4, 0.5) is 15.8 Å². The first-order chi connectivity index (χ1) is 14.5. The van der Waals surface area contributed by atoms with Crippen LogP contribution in [-0.4, -0.2) is 11.0 Å². The van der Waals surface area contributed by atoms with Gasteiger partial charge in [0.25, 0.3) is 5.91 Å². The van der Waals surface area contributed by atoms with Crippen molar-refractivity contribution in [2.45, 2.75) is 13.0 Å². The molecule has 0 bridgehead atoms. The van der Waals surface area contributed by atoms with Gasteiger partial charge in [0.2, 0.25) is 0 Å². The van der Waals surface area contributed by atoms with Crippen LogP contribution in [-0.2, 0) is 0 Å². The third kappa shape index (κ3) is 5.40. The van der Waals surface area contributed by atoms with Gasteiger partial charge in [-0.15, -0.1) is 0 Å². The highest BCUT2D eigenvalue weighted by Gasteiger charge is 2.11. The van der Waals surface area contributed by atoms with Gasteiger partial charge in [-0.05, 0) is 73.2 Å². The zero-order valence-electron chi connectivity index (χ0n) is 16.1. The third-order valence-electron chi connectivity index (χ3n) is 4.38. The van der Waals surface area contributed by atoms with Crippen molar-refractivity contribution in [3.05, 3.63) is 95.3 Å². The Labute approximate surface area is 179 Å². The second-order valence-corrected chi connectivity index (χ2v) is 6.98. The van der Waals surface area contributed by atoms with Gasteiger partial charge >= 0.3 is 0 Å². The molecule has 3 aromatic carbocycles. The third-order valence-corrected chi connectivity index (χ3v) is 4.60. The molecule has 0 aliphatic heterocycles. The van der Waals surface area contributed by atoms with Gasteiger partial charge in [0.05, 0.1) is 23.2 Å². The molecule has 3 aromatic rings. The number of anilines is 2. The Morgan fingerprint density at radius 3 is 2.33 bits per heavy atom. The number of hydrogen-bond acceptors (Lipinski definition) is 3. The van der Waals surface area contributed by atoms with Crippen LogP contribution in [0.25, 0.3) is 0 Å². The summed E-state index contributed by atoms with van der Waals surface area (Å²) < 4.78 is 13.7. The van der Waals surface area contributed by atoms with Crippen molar-refractivity contribution in [3.8, 4) is 6.07 Å². The molecule has 150 valence electrons. The lowest BCUT2D eigenvalue weighted by atomic mass is 10.1. The van der Waals surface area contributed by atoms with E-state index in [2.05, 4.69) is 22.0 Å². The molecule has 1 unspecified atom stereocenters. The molecule has 0 aliphatic rings. The minimum absolute atomic E-state index is 0.0143. The van der Waals surface area contributed by atoms with Crippen LogP contribution in [0.5, 0.6) is 0 Å². The standard InChI is InChI=1S/C23H19FN4OS/c1-15(17-6-4-5-16(13-17)14-25)26-23(30)28-19-11-9-18(10-12-19)27-22(29)20-7-2-3-8-21(20)24/h2-13,15H,1H3,(H,27,29)(H2,26,28,30). The highest BCUT2D eigenvalue weighted by atomic mass is 32.1. The fourth-order valence-electron chi connectivity index (χ4n) is 2.81. The molecule has 0 saturated heterocycles. The molecule has 3 N–H and O–H groups in total. The van der Waals surface area contributed by atoms with Crippen molar-refractivity contribution in [2.24, 2.45) is 0 Å². The Kier molecular flexibility index (Phi) is 6.73. The quantitative estimate of drug-likeness (QED) is 0.509. The van der Waals surface area contributed by atoms with Crippen LogP contribution in [0.1, 0.15) is 34.5 Å². The van der Waals surface area contributed by atoms with Crippen LogP contribution in [0, 0.1) is 17.1 Å². The molecule has 0 radical (unpaired) electrons. The summed E-state index contributed by atoms with van der Waals surface area (Å²) in [5.74, 6) is -1.08. The zero-order chi connectivity index (χ0) is 21.5. The highest BCUT2D eigenvalue weighted by Crippen LogP contribution is 2.17. The summed E-state index contributed by atoms with van der Waals surface area (Å²) in [5, 5.41) is 18.4. The van der Waals surface area contributed by atoms with E-state index in [9.17, 15) is 9.18 Å².